The third kappa shape index (κ3) is 3.67. The normalized spacial score (nSPS) is 22.6. The molecule has 3 unspecified atom stereocenters. The van der Waals surface area contributed by atoms with E-state index in [4.69, 9.17) is 18.9 Å². The fraction of sp³-hybridized carbons (Fsp3) is 0.200. The predicted molar refractivity (Wildman–Crippen MR) is 151 cm³/mol. The molecule has 5 aromatic carbocycles. The Morgan fingerprint density at radius 1 is 0.692 bits per heavy atom. The van der Waals surface area contributed by atoms with Crippen molar-refractivity contribution in [3.8, 4) is 22.6 Å². The van der Waals surface area contributed by atoms with Gasteiger partial charge in [-0.25, -0.2) is 0 Å². The maximum atomic E-state index is 6.02. The van der Waals surface area contributed by atoms with Gasteiger partial charge in [-0.2, -0.15) is 0 Å². The Morgan fingerprint density at radius 2 is 1.38 bits per heavy atom. The molecule has 192 valence electrons. The summed E-state index contributed by atoms with van der Waals surface area (Å²) in [5.74, 6) is 1.69. The maximum absolute atomic E-state index is 6.02. The highest BCUT2D eigenvalue weighted by atomic mass is 16.7. The van der Waals surface area contributed by atoms with Crippen molar-refractivity contribution in [2.24, 2.45) is 0 Å². The fourth-order valence-corrected chi connectivity index (χ4v) is 6.23. The second kappa shape index (κ2) is 8.98. The van der Waals surface area contributed by atoms with E-state index in [1.165, 1.54) is 44.2 Å². The smallest absolute Gasteiger partial charge is 0.202 e. The van der Waals surface area contributed by atoms with Gasteiger partial charge in [0.1, 0.15) is 24.2 Å². The predicted octanol–water partition coefficient (Wildman–Crippen LogP) is 7.11. The molecule has 4 nitrogen and oxygen atoms in total. The van der Waals surface area contributed by atoms with Gasteiger partial charge in [0.25, 0.3) is 0 Å². The van der Waals surface area contributed by atoms with Crippen LogP contribution in [0.3, 0.4) is 0 Å². The molecule has 2 heterocycles. The van der Waals surface area contributed by atoms with Crippen molar-refractivity contribution in [2.45, 2.75) is 24.2 Å². The van der Waals surface area contributed by atoms with Gasteiger partial charge in [-0.1, -0.05) is 84.9 Å². The molecular formula is C35H28O4. The Labute approximate surface area is 227 Å². The second-order valence-electron chi connectivity index (χ2n) is 10.5. The van der Waals surface area contributed by atoms with Crippen molar-refractivity contribution in [2.75, 3.05) is 19.8 Å². The van der Waals surface area contributed by atoms with Crippen LogP contribution < -0.4 is 9.47 Å². The van der Waals surface area contributed by atoms with Crippen LogP contribution in [-0.4, -0.2) is 32.2 Å². The van der Waals surface area contributed by atoms with Gasteiger partial charge in [0.05, 0.1) is 18.6 Å². The van der Waals surface area contributed by atoms with Crippen molar-refractivity contribution in [1.82, 2.24) is 0 Å². The Balaban J connectivity index is 1.33. The van der Waals surface area contributed by atoms with E-state index >= 15 is 0 Å². The molecule has 3 atom stereocenters. The lowest BCUT2D eigenvalue weighted by Crippen LogP contribution is -2.32. The third-order valence-electron chi connectivity index (χ3n) is 8.27. The molecule has 1 aliphatic carbocycles. The highest BCUT2D eigenvalue weighted by Crippen LogP contribution is 2.57. The molecule has 5 aromatic rings. The van der Waals surface area contributed by atoms with Crippen molar-refractivity contribution in [1.29, 1.82) is 0 Å². The van der Waals surface area contributed by atoms with Crippen molar-refractivity contribution in [3.63, 3.8) is 0 Å². The molecule has 0 radical (unpaired) electrons. The lowest BCUT2D eigenvalue weighted by molar-refractivity contribution is -0.165. The number of epoxide rings is 1. The molecular weight excluding hydrogens is 484 g/mol. The summed E-state index contributed by atoms with van der Waals surface area (Å²) in [4.78, 5) is 0. The molecule has 0 bridgehead atoms. The second-order valence-corrected chi connectivity index (χ2v) is 10.5. The molecule has 0 amide bonds. The van der Waals surface area contributed by atoms with E-state index in [0.29, 0.717) is 6.61 Å². The van der Waals surface area contributed by atoms with Crippen LogP contribution in [0.5, 0.6) is 11.5 Å². The van der Waals surface area contributed by atoms with Crippen molar-refractivity contribution in [3.05, 3.63) is 131 Å². The van der Waals surface area contributed by atoms with Crippen LogP contribution >= 0.6 is 0 Å². The van der Waals surface area contributed by atoms with Crippen LogP contribution in [0.1, 0.15) is 28.7 Å². The molecule has 0 N–H and O–H groups in total. The topological polar surface area (TPSA) is 40.2 Å². The van der Waals surface area contributed by atoms with Gasteiger partial charge in [-0.3, -0.25) is 0 Å². The van der Waals surface area contributed by atoms with Crippen LogP contribution in [0.2, 0.25) is 0 Å². The molecule has 2 saturated heterocycles. The van der Waals surface area contributed by atoms with E-state index in [-0.39, 0.29) is 12.4 Å². The molecule has 8 rings (SSSR count). The van der Waals surface area contributed by atoms with Crippen LogP contribution in [0.25, 0.3) is 21.9 Å². The van der Waals surface area contributed by atoms with Gasteiger partial charge in [0, 0.05) is 6.42 Å². The van der Waals surface area contributed by atoms with Crippen molar-refractivity contribution >= 4 is 10.8 Å². The van der Waals surface area contributed by atoms with Crippen LogP contribution in [0.4, 0.5) is 0 Å². The van der Waals surface area contributed by atoms with Crippen LogP contribution in [-0.2, 0) is 14.9 Å². The summed E-state index contributed by atoms with van der Waals surface area (Å²) in [5.41, 5.74) is 7.07. The average Bonchev–Trinajstić information content (AvgIpc) is 3.75. The molecule has 0 spiro atoms. The van der Waals surface area contributed by atoms with Gasteiger partial charge in [0.15, 0.2) is 0 Å². The lowest BCUT2D eigenvalue weighted by atomic mass is 9.67. The SMILES string of the molecule is c1ccc2c(c1)-c1c(ccc3ccccc13)C2(c1ccc(OCC2CO2)cc1)c1ccc(OC2CCO2)cc1. The Kier molecular flexibility index (Phi) is 5.25. The van der Waals surface area contributed by atoms with E-state index in [2.05, 4.69) is 109 Å². The third-order valence-corrected chi connectivity index (χ3v) is 8.27. The summed E-state index contributed by atoms with van der Waals surface area (Å²) in [6, 6.07) is 39.3. The Morgan fingerprint density at radius 3 is 2.10 bits per heavy atom. The minimum Gasteiger partial charge on any atom is -0.491 e. The maximum Gasteiger partial charge on any atom is 0.202 e. The molecule has 39 heavy (non-hydrogen) atoms. The largest absolute Gasteiger partial charge is 0.491 e. The number of benzene rings is 5. The average molecular weight is 513 g/mol. The molecule has 2 aliphatic heterocycles. The van der Waals surface area contributed by atoms with E-state index in [0.717, 1.165) is 31.1 Å². The quantitative estimate of drug-likeness (QED) is 0.214. The van der Waals surface area contributed by atoms with Gasteiger partial charge < -0.3 is 18.9 Å². The van der Waals surface area contributed by atoms with Gasteiger partial charge in [-0.15, -0.1) is 0 Å². The highest BCUT2D eigenvalue weighted by Gasteiger charge is 2.46. The summed E-state index contributed by atoms with van der Waals surface area (Å²) >= 11 is 0. The first-order chi connectivity index (χ1) is 19.3. The molecule has 4 heteroatoms. The number of hydrogen-bond donors (Lipinski definition) is 0. The zero-order chi connectivity index (χ0) is 25.8. The van der Waals surface area contributed by atoms with E-state index in [9.17, 15) is 0 Å². The van der Waals surface area contributed by atoms with E-state index in [1.807, 2.05) is 0 Å². The minimum atomic E-state index is -0.487. The molecule has 0 saturated carbocycles. The van der Waals surface area contributed by atoms with Crippen LogP contribution in [0.15, 0.2) is 109 Å². The lowest BCUT2D eigenvalue weighted by Gasteiger charge is -2.34. The summed E-state index contributed by atoms with van der Waals surface area (Å²) in [6.07, 6.45) is 1.02. The Bertz CT molecular complexity index is 1670. The summed E-state index contributed by atoms with van der Waals surface area (Å²) < 4.78 is 22.8. The first-order valence-corrected chi connectivity index (χ1v) is 13.7. The standard InChI is InChI=1S/C35H28O4/c1-2-6-29-23(5-1)9-18-32-34(29)30-7-3-4-8-31(30)35(32,24-10-14-26(15-11-24)37-21-28-22-38-28)25-12-16-27(17-13-25)39-33-19-20-36-33/h1-18,28,33H,19-22H2. The number of rotatable bonds is 7. The zero-order valence-corrected chi connectivity index (χ0v) is 21.5. The Hall–Kier alpha value is -4.12. The molecule has 2 fully saturated rings. The molecule has 3 aliphatic rings. The zero-order valence-electron chi connectivity index (χ0n) is 21.5. The number of fused-ring (bicyclic) bond motifs is 5. The first kappa shape index (κ1) is 22.8. The number of hydrogen-bond acceptors (Lipinski definition) is 4. The summed E-state index contributed by atoms with van der Waals surface area (Å²) in [7, 11) is 0. The summed E-state index contributed by atoms with van der Waals surface area (Å²) in [6.45, 7) is 2.14. The van der Waals surface area contributed by atoms with Crippen molar-refractivity contribution < 1.29 is 18.9 Å². The first-order valence-electron chi connectivity index (χ1n) is 13.7. The summed E-state index contributed by atoms with van der Waals surface area (Å²) in [5, 5.41) is 2.52. The van der Waals surface area contributed by atoms with Gasteiger partial charge in [0.2, 0.25) is 6.29 Å². The minimum absolute atomic E-state index is 0.141. The monoisotopic (exact) mass is 512 g/mol. The highest BCUT2D eigenvalue weighted by molar-refractivity contribution is 6.04. The molecule has 0 aromatic heterocycles. The van der Waals surface area contributed by atoms with E-state index in [1.54, 1.807) is 0 Å². The van der Waals surface area contributed by atoms with Gasteiger partial charge in [-0.05, 0) is 68.4 Å². The van der Waals surface area contributed by atoms with Crippen LogP contribution in [0, 0.1) is 0 Å². The fourth-order valence-electron chi connectivity index (χ4n) is 6.23. The number of ether oxygens (including phenoxy) is 4. The van der Waals surface area contributed by atoms with Gasteiger partial charge >= 0.3 is 0 Å². The van der Waals surface area contributed by atoms with E-state index < -0.39 is 5.41 Å².